The van der Waals surface area contributed by atoms with E-state index < -0.39 is 55.5 Å². The van der Waals surface area contributed by atoms with Crippen LogP contribution in [0.2, 0.25) is 0 Å². The third kappa shape index (κ3) is 10.4. The molecule has 0 fully saturated rings. The summed E-state index contributed by atoms with van der Waals surface area (Å²) < 4.78 is 96.1. The van der Waals surface area contributed by atoms with Crippen molar-refractivity contribution in [2.45, 2.75) is 0 Å². The number of halogens is 10. The minimum Gasteiger partial charge on any atom is -0.280 e. The van der Waals surface area contributed by atoms with Crippen LogP contribution in [0.1, 0.15) is 0 Å². The van der Waals surface area contributed by atoms with Gasteiger partial charge in [0.2, 0.25) is 0 Å². The number of benzene rings is 2. The fraction of sp³-hybridized carbons (Fsp3) is 0. The first-order valence-electron chi connectivity index (χ1n) is 8.22. The Balaban J connectivity index is 0.000000434. The van der Waals surface area contributed by atoms with Crippen LogP contribution in [0.15, 0.2) is 69.6 Å². The molecular weight excluding hydrogens is 624 g/mol. The topological polar surface area (TPSA) is 0 Å². The smallest absolute Gasteiger partial charge is 0.280 e. The summed E-state index contributed by atoms with van der Waals surface area (Å²) in [6, 6.07) is 22.5. The van der Waals surface area contributed by atoms with E-state index in [1.807, 2.05) is 60.7 Å². The number of hydrogen-bond acceptors (Lipinski definition) is 0. The second kappa shape index (κ2) is 16.0. The van der Waals surface area contributed by atoms with E-state index in [-0.39, 0.29) is 21.7 Å². The van der Waals surface area contributed by atoms with Gasteiger partial charge in [-0.25, -0.2) is 41.8 Å². The van der Waals surface area contributed by atoms with Gasteiger partial charge in [0.15, 0.2) is 0 Å². The van der Waals surface area contributed by atoms with Gasteiger partial charge in [0.1, 0.15) is 0 Å². The third-order valence-electron chi connectivity index (χ3n) is 3.09. The molecule has 0 bridgehead atoms. The molecule has 0 radical (unpaired) electrons. The van der Waals surface area contributed by atoms with Crippen LogP contribution in [0.5, 0.6) is 0 Å². The van der Waals surface area contributed by atoms with Gasteiger partial charge in [-0.15, -0.1) is 12.1 Å². The molecule has 0 N–H and O–H groups in total. The molecule has 0 nitrogen and oxygen atoms in total. The summed E-state index contributed by atoms with van der Waals surface area (Å²) in [6.07, 6.45) is 0. The SMILES string of the molecule is Fc1[c-]c(F)c(F)c(Br)c1F.Fc1[c-]c(F)c(F)c(Br)c1F.[Ti+4].c1cc[cH-]c1.c1cc[cH-]c1. The molecule has 0 unspecified atom stereocenters. The van der Waals surface area contributed by atoms with Gasteiger partial charge in [0, 0.05) is 23.3 Å². The molecule has 11 heteroatoms. The summed E-state index contributed by atoms with van der Waals surface area (Å²) in [4.78, 5) is 0. The quantitative estimate of drug-likeness (QED) is 0.0600. The molecule has 33 heavy (non-hydrogen) atoms. The van der Waals surface area contributed by atoms with Gasteiger partial charge >= 0.3 is 21.7 Å². The fourth-order valence-electron chi connectivity index (χ4n) is 1.63. The monoisotopic (exact) mass is 632 g/mol. The van der Waals surface area contributed by atoms with Gasteiger partial charge in [-0.1, -0.05) is 31.9 Å². The molecule has 4 aromatic rings. The van der Waals surface area contributed by atoms with E-state index in [0.29, 0.717) is 0 Å². The van der Waals surface area contributed by atoms with Crippen LogP contribution < -0.4 is 0 Å². The van der Waals surface area contributed by atoms with Crippen molar-refractivity contribution in [3.63, 3.8) is 0 Å². The predicted octanol–water partition coefficient (Wildman–Crippen LogP) is 8.42. The van der Waals surface area contributed by atoms with Gasteiger partial charge in [-0.05, 0) is 8.95 Å². The molecule has 0 aliphatic heterocycles. The zero-order valence-corrected chi connectivity index (χ0v) is 20.8. The van der Waals surface area contributed by atoms with E-state index in [2.05, 4.69) is 31.9 Å². The van der Waals surface area contributed by atoms with Crippen molar-refractivity contribution in [1.29, 1.82) is 0 Å². The molecule has 4 aromatic carbocycles. The molecule has 0 atom stereocenters. The van der Waals surface area contributed by atoms with E-state index >= 15 is 0 Å². The molecule has 172 valence electrons. The van der Waals surface area contributed by atoms with Crippen LogP contribution in [-0.4, -0.2) is 0 Å². The Labute approximate surface area is 216 Å². The zero-order valence-electron chi connectivity index (χ0n) is 16.1. The van der Waals surface area contributed by atoms with Gasteiger partial charge in [0.05, 0.1) is 23.3 Å². The largest absolute Gasteiger partial charge is 4.00 e. The maximum atomic E-state index is 12.3. The van der Waals surface area contributed by atoms with Gasteiger partial charge in [-0.3, -0.25) is 17.6 Å². The second-order valence-electron chi connectivity index (χ2n) is 5.31. The fourth-order valence-corrected chi connectivity index (χ4v) is 2.33. The van der Waals surface area contributed by atoms with E-state index in [0.717, 1.165) is 0 Å². The Hall–Kier alpha value is -1.75. The van der Waals surface area contributed by atoms with Crippen LogP contribution in [0.3, 0.4) is 0 Å². The Morgan fingerprint density at radius 3 is 0.848 bits per heavy atom. The average Bonchev–Trinajstić information content (AvgIpc) is 3.53. The van der Waals surface area contributed by atoms with Crippen LogP contribution >= 0.6 is 31.9 Å². The maximum Gasteiger partial charge on any atom is 4.00 e. The summed E-state index contributed by atoms with van der Waals surface area (Å²) in [6.45, 7) is 0. The third-order valence-corrected chi connectivity index (χ3v) is 4.48. The summed E-state index contributed by atoms with van der Waals surface area (Å²) in [7, 11) is 0. The summed E-state index contributed by atoms with van der Waals surface area (Å²) >= 11 is 4.66. The second-order valence-corrected chi connectivity index (χ2v) is 6.90. The van der Waals surface area contributed by atoms with Crippen molar-refractivity contribution in [2.24, 2.45) is 0 Å². The normalized spacial score (nSPS) is 9.27. The summed E-state index contributed by atoms with van der Waals surface area (Å²) in [5.41, 5.74) is 0. The van der Waals surface area contributed by atoms with E-state index in [4.69, 9.17) is 0 Å². The average molecular weight is 634 g/mol. The molecule has 0 saturated carbocycles. The van der Waals surface area contributed by atoms with Crippen molar-refractivity contribution >= 4 is 31.9 Å². The molecule has 0 amide bonds. The van der Waals surface area contributed by atoms with Crippen molar-refractivity contribution in [3.05, 3.63) is 128 Å². The Bertz CT molecular complexity index is 910. The van der Waals surface area contributed by atoms with Crippen molar-refractivity contribution in [2.75, 3.05) is 0 Å². The standard InChI is InChI=1S/2C6BrF4.2C5H5.Ti/c2*7-4-5(10)2(8)1-3(9)6(4)11;2*1-2-4-5-3-1;/h;;2*1-5H;/q4*-1;+4. The van der Waals surface area contributed by atoms with Crippen LogP contribution in [0.25, 0.3) is 0 Å². The first-order valence-corrected chi connectivity index (χ1v) is 9.81. The number of rotatable bonds is 0. The molecule has 0 saturated heterocycles. The Morgan fingerprint density at radius 2 is 0.697 bits per heavy atom. The van der Waals surface area contributed by atoms with Crippen molar-refractivity contribution in [3.8, 4) is 0 Å². The first-order chi connectivity index (χ1) is 15.1. The zero-order chi connectivity index (χ0) is 24.3. The first kappa shape index (κ1) is 31.3. The van der Waals surface area contributed by atoms with Gasteiger partial charge in [-0.2, -0.15) is 36.4 Å². The Kier molecular flexibility index (Phi) is 15.1. The molecule has 4 rings (SSSR count). The van der Waals surface area contributed by atoms with Gasteiger partial charge in [0.25, 0.3) is 0 Å². The van der Waals surface area contributed by atoms with Gasteiger partial charge < -0.3 is 0 Å². The summed E-state index contributed by atoms with van der Waals surface area (Å²) in [5, 5.41) is 0. The van der Waals surface area contributed by atoms with Crippen LogP contribution in [0.4, 0.5) is 35.1 Å². The number of hydrogen-bond donors (Lipinski definition) is 0. The molecule has 0 aliphatic rings. The van der Waals surface area contributed by atoms with E-state index in [1.165, 1.54) is 12.1 Å². The molecular formula is C22H10Br2F8Ti. The molecule has 0 aliphatic carbocycles. The van der Waals surface area contributed by atoms with Crippen LogP contribution in [0, 0.1) is 58.7 Å². The minimum absolute atomic E-state index is 0. The molecule has 0 heterocycles. The van der Waals surface area contributed by atoms with Crippen molar-refractivity contribution < 1.29 is 56.8 Å². The molecule has 0 aromatic heterocycles. The minimum atomic E-state index is -1.55. The maximum absolute atomic E-state index is 12.3. The molecule has 0 spiro atoms. The van der Waals surface area contributed by atoms with Crippen molar-refractivity contribution in [1.82, 2.24) is 0 Å². The summed E-state index contributed by atoms with van der Waals surface area (Å²) in [5.74, 6) is -12.1. The predicted molar refractivity (Wildman–Crippen MR) is 110 cm³/mol. The van der Waals surface area contributed by atoms with E-state index in [9.17, 15) is 35.1 Å². The Morgan fingerprint density at radius 1 is 0.485 bits per heavy atom. The van der Waals surface area contributed by atoms with E-state index in [1.54, 1.807) is 0 Å². The van der Waals surface area contributed by atoms with Crippen LogP contribution in [-0.2, 0) is 21.7 Å².